The molecule has 0 amide bonds. The second-order valence-electron chi connectivity index (χ2n) is 3.62. The first-order chi connectivity index (χ1) is 7.40. The largest absolute Gasteiger partial charge is 0.387 e. The van der Waals surface area contributed by atoms with E-state index in [4.69, 9.17) is 0 Å². The predicted octanol–water partition coefficient (Wildman–Crippen LogP) is 1.68. The Morgan fingerprint density at radius 2 is 1.94 bits per heavy atom. The summed E-state index contributed by atoms with van der Waals surface area (Å²) in [5.74, 6) is -0.659. The molecule has 0 saturated heterocycles. The van der Waals surface area contributed by atoms with E-state index < -0.39 is 27.0 Å². The molecule has 1 aromatic rings. The highest BCUT2D eigenvalue weighted by atomic mass is 32.2. The monoisotopic (exact) mass is 246 g/mol. The first-order valence-electron chi connectivity index (χ1n) is 5.04. The number of aliphatic hydroxyl groups is 1. The van der Waals surface area contributed by atoms with Gasteiger partial charge in [-0.1, -0.05) is 25.1 Å². The second kappa shape index (κ2) is 4.93. The van der Waals surface area contributed by atoms with Gasteiger partial charge in [0.15, 0.2) is 9.84 Å². The van der Waals surface area contributed by atoms with Crippen LogP contribution in [0.15, 0.2) is 24.3 Å². The highest BCUT2D eigenvalue weighted by Gasteiger charge is 2.29. The number of halogens is 1. The van der Waals surface area contributed by atoms with Gasteiger partial charge >= 0.3 is 0 Å². The minimum absolute atomic E-state index is 0.0204. The first-order valence-corrected chi connectivity index (χ1v) is 6.75. The summed E-state index contributed by atoms with van der Waals surface area (Å²) in [4.78, 5) is 0. The van der Waals surface area contributed by atoms with E-state index in [-0.39, 0.29) is 11.3 Å². The minimum Gasteiger partial charge on any atom is -0.387 e. The molecular weight excluding hydrogens is 231 g/mol. The Hall–Kier alpha value is -0.940. The van der Waals surface area contributed by atoms with Crippen LogP contribution < -0.4 is 0 Å². The molecule has 0 radical (unpaired) electrons. The van der Waals surface area contributed by atoms with Crippen molar-refractivity contribution in [2.75, 3.05) is 5.75 Å². The van der Waals surface area contributed by atoms with E-state index in [1.807, 2.05) is 0 Å². The number of rotatable bonds is 4. The van der Waals surface area contributed by atoms with E-state index in [0.717, 1.165) is 0 Å². The van der Waals surface area contributed by atoms with Gasteiger partial charge in [0.2, 0.25) is 0 Å². The third-order valence-corrected chi connectivity index (χ3v) is 4.83. The molecule has 3 nitrogen and oxygen atoms in total. The normalized spacial score (nSPS) is 15.8. The van der Waals surface area contributed by atoms with Gasteiger partial charge in [0, 0.05) is 11.3 Å². The number of benzene rings is 1. The van der Waals surface area contributed by atoms with E-state index in [1.165, 1.54) is 32.0 Å². The molecule has 0 aromatic heterocycles. The first kappa shape index (κ1) is 13.1. The molecule has 0 spiro atoms. The van der Waals surface area contributed by atoms with Crippen LogP contribution in [0.3, 0.4) is 0 Å². The maximum Gasteiger partial charge on any atom is 0.155 e. The molecule has 90 valence electrons. The molecule has 1 rings (SSSR count). The van der Waals surface area contributed by atoms with Gasteiger partial charge in [-0.25, -0.2) is 12.8 Å². The van der Waals surface area contributed by atoms with Crippen molar-refractivity contribution in [3.63, 3.8) is 0 Å². The summed E-state index contributed by atoms with van der Waals surface area (Å²) in [5, 5.41) is 8.81. The van der Waals surface area contributed by atoms with Crippen molar-refractivity contribution in [2.24, 2.45) is 0 Å². The highest BCUT2D eigenvalue weighted by Crippen LogP contribution is 2.24. The summed E-state index contributed by atoms with van der Waals surface area (Å²) >= 11 is 0. The fraction of sp³-hybridized carbons (Fsp3) is 0.455. The van der Waals surface area contributed by atoms with Crippen LogP contribution in [0.5, 0.6) is 0 Å². The molecule has 0 heterocycles. The number of hydrogen-bond acceptors (Lipinski definition) is 3. The Kier molecular flexibility index (Phi) is 4.04. The third-order valence-electron chi connectivity index (χ3n) is 2.64. The molecular formula is C11H15FO3S. The van der Waals surface area contributed by atoms with E-state index in [9.17, 15) is 17.9 Å². The van der Waals surface area contributed by atoms with Crippen molar-refractivity contribution in [2.45, 2.75) is 25.2 Å². The van der Waals surface area contributed by atoms with Crippen molar-refractivity contribution in [3.8, 4) is 0 Å². The molecule has 1 N–H and O–H groups in total. The quantitative estimate of drug-likeness (QED) is 0.879. The van der Waals surface area contributed by atoms with Gasteiger partial charge in [-0.3, -0.25) is 0 Å². The average molecular weight is 246 g/mol. The zero-order chi connectivity index (χ0) is 12.3. The van der Waals surface area contributed by atoms with E-state index in [2.05, 4.69) is 0 Å². The van der Waals surface area contributed by atoms with Crippen molar-refractivity contribution < 1.29 is 17.9 Å². The van der Waals surface area contributed by atoms with Crippen LogP contribution in [0.1, 0.15) is 25.5 Å². The molecule has 16 heavy (non-hydrogen) atoms. The van der Waals surface area contributed by atoms with Crippen LogP contribution in [0.25, 0.3) is 0 Å². The molecule has 2 atom stereocenters. The van der Waals surface area contributed by atoms with Crippen molar-refractivity contribution >= 4 is 9.84 Å². The standard InChI is InChI=1S/C11H15FO3S/c1-3-16(14,15)8(2)11(13)9-6-4-5-7-10(9)12/h4-8,11,13H,3H2,1-2H3. The Bertz CT molecular complexity index is 456. The van der Waals surface area contributed by atoms with Gasteiger partial charge in [0.25, 0.3) is 0 Å². The number of hydrogen-bond donors (Lipinski definition) is 1. The molecule has 2 unspecified atom stereocenters. The lowest BCUT2D eigenvalue weighted by Crippen LogP contribution is -2.27. The number of aliphatic hydroxyl groups excluding tert-OH is 1. The van der Waals surface area contributed by atoms with E-state index in [1.54, 1.807) is 6.07 Å². The molecule has 0 aliphatic heterocycles. The maximum absolute atomic E-state index is 13.3. The van der Waals surface area contributed by atoms with Crippen molar-refractivity contribution in [1.29, 1.82) is 0 Å². The molecule has 5 heteroatoms. The second-order valence-corrected chi connectivity index (χ2v) is 6.27. The Morgan fingerprint density at radius 3 is 2.44 bits per heavy atom. The summed E-state index contributed by atoms with van der Waals surface area (Å²) < 4.78 is 36.4. The van der Waals surface area contributed by atoms with Gasteiger partial charge in [-0.15, -0.1) is 0 Å². The van der Waals surface area contributed by atoms with Gasteiger partial charge in [-0.2, -0.15) is 0 Å². The third kappa shape index (κ3) is 2.59. The Balaban J connectivity index is 3.04. The SMILES string of the molecule is CCS(=O)(=O)C(C)C(O)c1ccccc1F. The molecule has 0 aliphatic rings. The van der Waals surface area contributed by atoms with Crippen molar-refractivity contribution in [1.82, 2.24) is 0 Å². The van der Waals surface area contributed by atoms with Crippen LogP contribution >= 0.6 is 0 Å². The molecule has 0 saturated carbocycles. The minimum atomic E-state index is -3.38. The summed E-state index contributed by atoms with van der Waals surface area (Å²) in [6, 6.07) is 5.64. The lowest BCUT2D eigenvalue weighted by atomic mass is 10.1. The maximum atomic E-state index is 13.3. The van der Waals surface area contributed by atoms with E-state index in [0.29, 0.717) is 0 Å². The average Bonchev–Trinajstić information content (AvgIpc) is 2.27. The fourth-order valence-electron chi connectivity index (χ4n) is 1.43. The Labute approximate surface area is 94.8 Å². The van der Waals surface area contributed by atoms with Crippen LogP contribution in [0.2, 0.25) is 0 Å². The van der Waals surface area contributed by atoms with Gasteiger partial charge < -0.3 is 5.11 Å². The summed E-state index contributed by atoms with van der Waals surface area (Å²) in [6.45, 7) is 2.88. The molecule has 0 aliphatic carbocycles. The highest BCUT2D eigenvalue weighted by molar-refractivity contribution is 7.92. The van der Waals surface area contributed by atoms with E-state index >= 15 is 0 Å². The van der Waals surface area contributed by atoms with Crippen LogP contribution in [0, 0.1) is 5.82 Å². The summed E-state index contributed by atoms with van der Waals surface area (Å²) in [6.07, 6.45) is -1.33. The topological polar surface area (TPSA) is 54.4 Å². The fourth-order valence-corrected chi connectivity index (χ4v) is 2.49. The smallest absolute Gasteiger partial charge is 0.155 e. The Morgan fingerprint density at radius 1 is 1.38 bits per heavy atom. The van der Waals surface area contributed by atoms with Crippen LogP contribution in [-0.2, 0) is 9.84 Å². The van der Waals surface area contributed by atoms with Gasteiger partial charge in [0.05, 0.1) is 11.4 Å². The van der Waals surface area contributed by atoms with Crippen molar-refractivity contribution in [3.05, 3.63) is 35.6 Å². The predicted molar refractivity (Wildman–Crippen MR) is 60.3 cm³/mol. The summed E-state index contributed by atoms with van der Waals surface area (Å²) in [5.41, 5.74) is 0.0204. The van der Waals surface area contributed by atoms with Gasteiger partial charge in [-0.05, 0) is 13.0 Å². The van der Waals surface area contributed by atoms with Gasteiger partial charge in [0.1, 0.15) is 5.82 Å². The molecule has 0 fully saturated rings. The molecule has 0 bridgehead atoms. The van der Waals surface area contributed by atoms with Crippen LogP contribution in [0.4, 0.5) is 4.39 Å². The van der Waals surface area contributed by atoms with Crippen LogP contribution in [-0.4, -0.2) is 24.5 Å². The summed E-state index contributed by atoms with van der Waals surface area (Å²) in [7, 11) is -3.38. The lowest BCUT2D eigenvalue weighted by Gasteiger charge is -2.19. The zero-order valence-corrected chi connectivity index (χ0v) is 10.0. The lowest BCUT2D eigenvalue weighted by molar-refractivity contribution is 0.171. The zero-order valence-electron chi connectivity index (χ0n) is 9.22. The number of sulfone groups is 1. The molecule has 1 aromatic carbocycles.